The minimum Gasteiger partial charge on any atom is -0.313 e. The van der Waals surface area contributed by atoms with Crippen LogP contribution in [0, 0.1) is 18.6 Å². The van der Waals surface area contributed by atoms with E-state index in [0.29, 0.717) is 17.2 Å². The molecule has 21 heavy (non-hydrogen) atoms. The molecule has 0 amide bonds. The van der Waals surface area contributed by atoms with Gasteiger partial charge in [0, 0.05) is 30.2 Å². The summed E-state index contributed by atoms with van der Waals surface area (Å²) in [5.41, 5.74) is 0.807. The first kappa shape index (κ1) is 16.4. The summed E-state index contributed by atoms with van der Waals surface area (Å²) >= 11 is 0. The Bertz CT molecular complexity index is 482. The Morgan fingerprint density at radius 1 is 1.24 bits per heavy atom. The van der Waals surface area contributed by atoms with Gasteiger partial charge < -0.3 is 5.32 Å². The third-order valence-corrected chi connectivity index (χ3v) is 4.48. The number of halogens is 2. The van der Waals surface area contributed by atoms with E-state index in [4.69, 9.17) is 0 Å². The van der Waals surface area contributed by atoms with Crippen molar-refractivity contribution in [2.75, 3.05) is 13.1 Å². The molecule has 2 unspecified atom stereocenters. The Balaban J connectivity index is 2.21. The van der Waals surface area contributed by atoms with Crippen LogP contribution in [-0.2, 0) is 0 Å². The zero-order chi connectivity index (χ0) is 15.6. The normalized spacial score (nSPS) is 20.5. The molecule has 0 spiro atoms. The smallest absolute Gasteiger partial charge is 0.128 e. The van der Waals surface area contributed by atoms with Gasteiger partial charge in [-0.3, -0.25) is 4.90 Å². The molecular weight excluding hydrogens is 270 g/mol. The predicted octanol–water partition coefficient (Wildman–Crippen LogP) is 3.80. The summed E-state index contributed by atoms with van der Waals surface area (Å²) < 4.78 is 28.0. The van der Waals surface area contributed by atoms with Crippen LogP contribution in [0.2, 0.25) is 0 Å². The molecule has 0 radical (unpaired) electrons. The summed E-state index contributed by atoms with van der Waals surface area (Å²) in [7, 11) is 0. The molecule has 0 saturated carbocycles. The Kier molecular flexibility index (Phi) is 5.33. The molecule has 1 aliphatic heterocycles. The van der Waals surface area contributed by atoms with Crippen molar-refractivity contribution in [2.45, 2.75) is 58.7 Å². The van der Waals surface area contributed by atoms with Gasteiger partial charge in [-0.05, 0) is 64.8 Å². The van der Waals surface area contributed by atoms with Crippen LogP contribution >= 0.6 is 0 Å². The molecule has 118 valence electrons. The number of rotatable bonds is 5. The van der Waals surface area contributed by atoms with Crippen LogP contribution in [0.25, 0.3) is 0 Å². The molecule has 1 aromatic rings. The molecule has 2 rings (SSSR count). The van der Waals surface area contributed by atoms with Crippen LogP contribution in [-0.4, -0.2) is 30.1 Å². The molecule has 1 heterocycles. The molecule has 2 atom stereocenters. The molecule has 1 aromatic carbocycles. The first-order valence-electron chi connectivity index (χ1n) is 7.84. The maximum absolute atomic E-state index is 14.2. The first-order chi connectivity index (χ1) is 9.90. The summed E-state index contributed by atoms with van der Waals surface area (Å²) in [6.45, 7) is 9.69. The summed E-state index contributed by atoms with van der Waals surface area (Å²) in [6.07, 6.45) is 2.35. The van der Waals surface area contributed by atoms with Crippen molar-refractivity contribution in [3.05, 3.63) is 34.9 Å². The quantitative estimate of drug-likeness (QED) is 0.889. The number of nitrogens with zero attached hydrogens (tertiary/aromatic N) is 1. The molecule has 1 fully saturated rings. The summed E-state index contributed by atoms with van der Waals surface area (Å²) in [4.78, 5) is 2.25. The van der Waals surface area contributed by atoms with Crippen LogP contribution in [0.3, 0.4) is 0 Å². The fraction of sp³-hybridized carbons (Fsp3) is 0.647. The minimum absolute atomic E-state index is 0.137. The van der Waals surface area contributed by atoms with E-state index < -0.39 is 0 Å². The van der Waals surface area contributed by atoms with Gasteiger partial charge in [0.05, 0.1) is 0 Å². The van der Waals surface area contributed by atoms with E-state index in [1.807, 2.05) is 6.92 Å². The zero-order valence-corrected chi connectivity index (χ0v) is 13.4. The van der Waals surface area contributed by atoms with Crippen molar-refractivity contribution in [2.24, 2.45) is 0 Å². The van der Waals surface area contributed by atoms with Crippen LogP contribution < -0.4 is 5.32 Å². The molecule has 0 bridgehead atoms. The second-order valence-corrected chi connectivity index (χ2v) is 6.38. The third-order valence-electron chi connectivity index (χ3n) is 4.48. The van der Waals surface area contributed by atoms with Gasteiger partial charge in [-0.15, -0.1) is 0 Å². The zero-order valence-electron chi connectivity index (χ0n) is 13.4. The highest BCUT2D eigenvalue weighted by Crippen LogP contribution is 2.27. The summed E-state index contributed by atoms with van der Waals surface area (Å²) in [5.74, 6) is -0.646. The number of nitrogens with one attached hydrogen (secondary N) is 1. The number of aryl methyl sites for hydroxylation is 1. The van der Waals surface area contributed by atoms with Crippen molar-refractivity contribution in [1.29, 1.82) is 0 Å². The van der Waals surface area contributed by atoms with Crippen LogP contribution in [0.4, 0.5) is 8.78 Å². The fourth-order valence-corrected chi connectivity index (χ4v) is 3.14. The maximum atomic E-state index is 14.2. The van der Waals surface area contributed by atoms with Gasteiger partial charge in [0.1, 0.15) is 11.6 Å². The monoisotopic (exact) mass is 296 g/mol. The molecular formula is C17H26F2N2. The van der Waals surface area contributed by atoms with E-state index >= 15 is 0 Å². The molecule has 1 N–H and O–H groups in total. The Labute approximate surface area is 126 Å². The van der Waals surface area contributed by atoms with Gasteiger partial charge >= 0.3 is 0 Å². The second kappa shape index (κ2) is 6.84. The highest BCUT2D eigenvalue weighted by atomic mass is 19.1. The fourth-order valence-electron chi connectivity index (χ4n) is 3.14. The lowest BCUT2D eigenvalue weighted by Crippen LogP contribution is -2.42. The average Bonchev–Trinajstić information content (AvgIpc) is 2.92. The number of hydrogen-bond donors (Lipinski definition) is 1. The largest absolute Gasteiger partial charge is 0.313 e. The Morgan fingerprint density at radius 2 is 1.95 bits per heavy atom. The van der Waals surface area contributed by atoms with Crippen LogP contribution in [0.15, 0.2) is 12.1 Å². The molecule has 0 aromatic heterocycles. The lowest BCUT2D eigenvalue weighted by molar-refractivity contribution is 0.147. The highest BCUT2D eigenvalue weighted by Gasteiger charge is 2.26. The van der Waals surface area contributed by atoms with Gasteiger partial charge in [0.2, 0.25) is 0 Å². The highest BCUT2D eigenvalue weighted by molar-refractivity contribution is 5.27. The van der Waals surface area contributed by atoms with Gasteiger partial charge in [-0.25, -0.2) is 8.78 Å². The van der Waals surface area contributed by atoms with E-state index in [2.05, 4.69) is 24.1 Å². The number of benzene rings is 1. The molecule has 1 aliphatic rings. The standard InChI is InChI=1S/C17H26F2N2/c1-11(2)21(10-14-6-5-7-20-14)13(4)15-9-16(18)12(3)8-17(15)19/h8-9,11,13-14,20H,5-7,10H2,1-4H3. The average molecular weight is 296 g/mol. The van der Waals surface area contributed by atoms with Crippen molar-refractivity contribution in [3.63, 3.8) is 0 Å². The predicted molar refractivity (Wildman–Crippen MR) is 82.4 cm³/mol. The SMILES string of the molecule is Cc1cc(F)c(C(C)N(CC2CCCN2)C(C)C)cc1F. The molecule has 0 aliphatic carbocycles. The number of hydrogen-bond acceptors (Lipinski definition) is 2. The third kappa shape index (κ3) is 3.80. The van der Waals surface area contributed by atoms with Gasteiger partial charge in [-0.1, -0.05) is 0 Å². The first-order valence-corrected chi connectivity index (χ1v) is 7.84. The van der Waals surface area contributed by atoms with E-state index in [0.717, 1.165) is 19.5 Å². The van der Waals surface area contributed by atoms with Crippen LogP contribution in [0.5, 0.6) is 0 Å². The van der Waals surface area contributed by atoms with Crippen LogP contribution in [0.1, 0.15) is 50.8 Å². The van der Waals surface area contributed by atoms with Gasteiger partial charge in [-0.2, -0.15) is 0 Å². The topological polar surface area (TPSA) is 15.3 Å². The molecule has 2 nitrogen and oxygen atoms in total. The Morgan fingerprint density at radius 3 is 2.52 bits per heavy atom. The van der Waals surface area contributed by atoms with Crippen molar-refractivity contribution < 1.29 is 8.78 Å². The second-order valence-electron chi connectivity index (χ2n) is 6.38. The van der Waals surface area contributed by atoms with Crippen molar-refractivity contribution >= 4 is 0 Å². The van der Waals surface area contributed by atoms with E-state index in [9.17, 15) is 8.78 Å². The van der Waals surface area contributed by atoms with Crippen molar-refractivity contribution in [3.8, 4) is 0 Å². The Hall–Kier alpha value is -1.00. The molecule has 4 heteroatoms. The van der Waals surface area contributed by atoms with E-state index in [-0.39, 0.29) is 23.7 Å². The molecule has 1 saturated heterocycles. The minimum atomic E-state index is -0.332. The summed E-state index contributed by atoms with van der Waals surface area (Å²) in [5, 5.41) is 3.47. The van der Waals surface area contributed by atoms with E-state index in [1.54, 1.807) is 6.92 Å². The van der Waals surface area contributed by atoms with E-state index in [1.165, 1.54) is 18.6 Å². The van der Waals surface area contributed by atoms with Crippen molar-refractivity contribution in [1.82, 2.24) is 10.2 Å². The lowest BCUT2D eigenvalue weighted by Gasteiger charge is -2.35. The van der Waals surface area contributed by atoms with Gasteiger partial charge in [0.25, 0.3) is 0 Å². The summed E-state index contributed by atoms with van der Waals surface area (Å²) in [6, 6.07) is 3.25. The van der Waals surface area contributed by atoms with Gasteiger partial charge in [0.15, 0.2) is 0 Å². The maximum Gasteiger partial charge on any atom is 0.128 e. The lowest BCUT2D eigenvalue weighted by atomic mass is 10.0.